The van der Waals surface area contributed by atoms with Gasteiger partial charge in [0.1, 0.15) is 22.7 Å². The number of benzene rings is 7. The van der Waals surface area contributed by atoms with Gasteiger partial charge in [-0.2, -0.15) is 28.9 Å². The largest absolute Gasteiger partial charge is 0.505 e. The highest BCUT2D eigenvalue weighted by molar-refractivity contribution is 7.92. The first-order chi connectivity index (χ1) is 32.8. The Hall–Kier alpha value is -8.63. The van der Waals surface area contributed by atoms with E-state index < -0.39 is 47.5 Å². The number of hydrogen-bond donors (Lipinski definition) is 6. The number of nitrogen functional groups attached to an aromatic ring is 3. The molecule has 0 aliphatic heterocycles. The molecule has 0 radical (unpaired) electrons. The van der Waals surface area contributed by atoms with E-state index in [0.717, 1.165) is 0 Å². The third-order valence-corrected chi connectivity index (χ3v) is 13.1. The van der Waals surface area contributed by atoms with Gasteiger partial charge in [0, 0.05) is 17.8 Å². The van der Waals surface area contributed by atoms with Gasteiger partial charge in [0.15, 0.2) is 15.6 Å². The highest BCUT2D eigenvalue weighted by Gasteiger charge is 2.18. The van der Waals surface area contributed by atoms with Gasteiger partial charge in [0.05, 0.1) is 72.3 Å². The molecule has 27 heteroatoms. The van der Waals surface area contributed by atoms with Gasteiger partial charge >= 0.3 is 10.4 Å². The molecular weight excluding hydrogens is 959 g/mol. The Kier molecular flexibility index (Phi) is 14.1. The first-order valence-electron chi connectivity index (χ1n) is 19.6. The van der Waals surface area contributed by atoms with Crippen molar-refractivity contribution in [2.75, 3.05) is 34.3 Å². The first-order valence-corrected chi connectivity index (χ1v) is 24.1. The van der Waals surface area contributed by atoms with Crippen molar-refractivity contribution in [1.29, 1.82) is 0 Å². The molecule has 9 N–H and O–H groups in total. The minimum absolute atomic E-state index is 0.0225. The normalized spacial score (nSPS) is 12.5. The van der Waals surface area contributed by atoms with Crippen LogP contribution in [0.4, 0.5) is 73.9 Å². The molecule has 0 heterocycles. The summed E-state index contributed by atoms with van der Waals surface area (Å²) in [6.45, 7) is -0.781. The number of nitro groups is 1. The standard InChI is InChI=1S/C42H35N13O11S3/c43-34-19-22-36(40(45)41(34)53-49-29-9-15-32(16-10-29)67(59,60)24-23-66-69(63,64)65)51-46-26-3-5-30(6-4-26)54-68(61,62)33-17-11-28(12-18-33)47-50-35-20-1-25-2-21-37(42(56)38(25)39(35)44)52-48-27-7-13-31(14-8-27)55(57)58/h1-22,54,56H,23-24,43-45H2,(H,63,64,65). The molecule has 0 atom stereocenters. The highest BCUT2D eigenvalue weighted by Crippen LogP contribution is 2.43. The summed E-state index contributed by atoms with van der Waals surface area (Å²) in [6, 6.07) is 31.5. The predicted octanol–water partition coefficient (Wildman–Crippen LogP) is 10.3. The zero-order valence-electron chi connectivity index (χ0n) is 35.2. The number of nitro benzene ring substituents is 1. The van der Waals surface area contributed by atoms with Crippen molar-refractivity contribution in [3.8, 4) is 5.75 Å². The summed E-state index contributed by atoms with van der Waals surface area (Å²) >= 11 is 0. The molecule has 0 saturated heterocycles. The Morgan fingerprint density at radius 3 is 1.58 bits per heavy atom. The molecule has 0 aliphatic carbocycles. The molecular formula is C42H35N13O11S3. The van der Waals surface area contributed by atoms with Crippen LogP contribution in [0.5, 0.6) is 5.75 Å². The SMILES string of the molecule is Nc1ccc(N=Nc2ccc(NS(=O)(=O)c3ccc(N=Nc4ccc5ccc(N=Nc6ccc([N+](=O)[O-])cc6)c(O)c5c4N)cc3)cc2)c(N)c1N=Nc1ccc(S(=O)(=O)CCOS(=O)(=O)O)cc1. The Bertz CT molecular complexity index is 3560. The number of nitrogens with one attached hydrogen (secondary N) is 1. The van der Waals surface area contributed by atoms with Crippen LogP contribution < -0.4 is 21.9 Å². The van der Waals surface area contributed by atoms with Crippen LogP contribution in [0, 0.1) is 10.1 Å². The summed E-state index contributed by atoms with van der Waals surface area (Å²) in [5.74, 6) is -0.982. The predicted molar refractivity (Wildman–Crippen MR) is 255 cm³/mol. The van der Waals surface area contributed by atoms with E-state index in [0.29, 0.717) is 22.4 Å². The number of nitrogens with zero attached hydrogens (tertiary/aromatic N) is 9. The Morgan fingerprint density at radius 1 is 0.565 bits per heavy atom. The molecule has 0 saturated carbocycles. The van der Waals surface area contributed by atoms with Crippen molar-refractivity contribution in [3.05, 3.63) is 144 Å². The number of fused-ring (bicyclic) bond motifs is 1. The average molecular weight is 994 g/mol. The van der Waals surface area contributed by atoms with Gasteiger partial charge in [-0.15, -0.1) is 20.5 Å². The summed E-state index contributed by atoms with van der Waals surface area (Å²) in [6.07, 6.45) is 0. The van der Waals surface area contributed by atoms with E-state index in [-0.39, 0.29) is 77.8 Å². The fourth-order valence-electron chi connectivity index (χ4n) is 6.06. The Labute approximate surface area is 391 Å². The summed E-state index contributed by atoms with van der Waals surface area (Å²) < 4.78 is 88.1. The lowest BCUT2D eigenvalue weighted by Gasteiger charge is -2.09. The minimum Gasteiger partial charge on any atom is -0.505 e. The monoisotopic (exact) mass is 993 g/mol. The third kappa shape index (κ3) is 12.0. The third-order valence-electron chi connectivity index (χ3n) is 9.57. The Balaban J connectivity index is 0.968. The van der Waals surface area contributed by atoms with E-state index in [1.807, 2.05) is 0 Å². The zero-order chi connectivity index (χ0) is 49.5. The van der Waals surface area contributed by atoms with Crippen LogP contribution in [-0.4, -0.2) is 52.2 Å². The maximum Gasteiger partial charge on any atom is 0.397 e. The second-order valence-corrected chi connectivity index (χ2v) is 19.1. The summed E-state index contributed by atoms with van der Waals surface area (Å²) in [5, 5.41) is 55.8. The molecule has 0 aromatic heterocycles. The lowest BCUT2D eigenvalue weighted by molar-refractivity contribution is -0.384. The number of hydrogen-bond acceptors (Lipinski definition) is 21. The minimum atomic E-state index is -4.80. The highest BCUT2D eigenvalue weighted by atomic mass is 32.3. The van der Waals surface area contributed by atoms with Crippen LogP contribution in [0.15, 0.2) is 184 Å². The van der Waals surface area contributed by atoms with Crippen molar-refractivity contribution in [1.82, 2.24) is 0 Å². The molecule has 69 heavy (non-hydrogen) atoms. The van der Waals surface area contributed by atoms with Crippen molar-refractivity contribution >= 4 is 115 Å². The molecule has 7 aromatic carbocycles. The fourth-order valence-corrected chi connectivity index (χ4v) is 8.61. The molecule has 0 aliphatic rings. The number of sulfonamides is 1. The molecule has 7 rings (SSSR count). The second kappa shape index (κ2) is 20.1. The zero-order valence-corrected chi connectivity index (χ0v) is 37.6. The van der Waals surface area contributed by atoms with Gasteiger partial charge in [-0.25, -0.2) is 21.0 Å². The van der Waals surface area contributed by atoms with Gasteiger partial charge < -0.3 is 22.3 Å². The molecule has 0 unspecified atom stereocenters. The number of anilines is 4. The Morgan fingerprint density at radius 2 is 1.03 bits per heavy atom. The van der Waals surface area contributed by atoms with Gasteiger partial charge in [-0.1, -0.05) is 12.1 Å². The maximum atomic E-state index is 13.3. The lowest BCUT2D eigenvalue weighted by atomic mass is 10.1. The summed E-state index contributed by atoms with van der Waals surface area (Å²) in [7, 11) is -12.8. The maximum absolute atomic E-state index is 13.3. The number of phenolic OH excluding ortho intramolecular Hbond substituents is 1. The summed E-state index contributed by atoms with van der Waals surface area (Å²) in [5.41, 5.74) is 20.8. The second-order valence-electron chi connectivity index (χ2n) is 14.2. The van der Waals surface area contributed by atoms with E-state index in [1.165, 1.54) is 115 Å². The van der Waals surface area contributed by atoms with Gasteiger partial charge in [0.2, 0.25) is 0 Å². The topological polar surface area (TPSA) is 384 Å². The van der Waals surface area contributed by atoms with E-state index in [4.69, 9.17) is 21.8 Å². The van der Waals surface area contributed by atoms with Crippen LogP contribution in [-0.2, 0) is 34.4 Å². The van der Waals surface area contributed by atoms with Crippen molar-refractivity contribution in [2.45, 2.75) is 9.79 Å². The number of phenols is 1. The van der Waals surface area contributed by atoms with Crippen molar-refractivity contribution in [3.63, 3.8) is 0 Å². The van der Waals surface area contributed by atoms with Gasteiger partial charge in [-0.05, 0) is 115 Å². The van der Waals surface area contributed by atoms with Crippen molar-refractivity contribution < 1.29 is 44.0 Å². The number of rotatable bonds is 17. The molecule has 0 spiro atoms. The van der Waals surface area contributed by atoms with E-state index in [2.05, 4.69) is 49.8 Å². The lowest BCUT2D eigenvalue weighted by Crippen LogP contribution is -2.15. The van der Waals surface area contributed by atoms with Crippen LogP contribution in [0.2, 0.25) is 0 Å². The van der Waals surface area contributed by atoms with Crippen LogP contribution in [0.25, 0.3) is 10.8 Å². The molecule has 0 fully saturated rings. The number of nitrogens with two attached hydrogens (primary N) is 3. The van der Waals surface area contributed by atoms with Crippen molar-refractivity contribution in [2.24, 2.45) is 40.9 Å². The van der Waals surface area contributed by atoms with Gasteiger partial charge in [-0.3, -0.25) is 19.4 Å². The molecule has 352 valence electrons. The molecule has 0 bridgehead atoms. The molecule has 24 nitrogen and oxygen atoms in total. The number of aromatic hydroxyl groups is 1. The number of sulfone groups is 1. The average Bonchev–Trinajstić information content (AvgIpc) is 3.31. The van der Waals surface area contributed by atoms with Crippen LogP contribution >= 0.6 is 0 Å². The van der Waals surface area contributed by atoms with Crippen LogP contribution in [0.1, 0.15) is 0 Å². The molecule has 0 amide bonds. The number of azo groups is 4. The smallest absolute Gasteiger partial charge is 0.397 e. The fraction of sp³-hybridized carbons (Fsp3) is 0.0476. The molecule has 7 aromatic rings. The quantitative estimate of drug-likeness (QED) is 0.0162. The van der Waals surface area contributed by atoms with E-state index >= 15 is 0 Å². The van der Waals surface area contributed by atoms with E-state index in [9.17, 15) is 40.5 Å². The van der Waals surface area contributed by atoms with E-state index in [1.54, 1.807) is 18.2 Å². The summed E-state index contributed by atoms with van der Waals surface area (Å²) in [4.78, 5) is 10.2. The number of non-ortho nitro benzene ring substituents is 1. The van der Waals surface area contributed by atoms with Crippen LogP contribution in [0.3, 0.4) is 0 Å². The van der Waals surface area contributed by atoms with Gasteiger partial charge in [0.25, 0.3) is 15.7 Å². The first kappa shape index (κ1) is 48.3.